The fraction of sp³-hybridized carbons (Fsp3) is 0.480. The van der Waals surface area contributed by atoms with Gasteiger partial charge in [0.25, 0.3) is 5.91 Å². The minimum Gasteiger partial charge on any atom is -0.397 e. The molecule has 0 aromatic carbocycles. The van der Waals surface area contributed by atoms with E-state index in [1.54, 1.807) is 0 Å². The summed E-state index contributed by atoms with van der Waals surface area (Å²) in [6, 6.07) is 4.91. The van der Waals surface area contributed by atoms with Crippen LogP contribution in [0.5, 0.6) is 0 Å². The fourth-order valence-corrected chi connectivity index (χ4v) is 5.97. The monoisotopic (exact) mass is 498 g/mol. The van der Waals surface area contributed by atoms with Crippen molar-refractivity contribution >= 4 is 39.0 Å². The van der Waals surface area contributed by atoms with E-state index in [0.717, 1.165) is 21.6 Å². The number of hydrogen-bond donors (Lipinski definition) is 3. The van der Waals surface area contributed by atoms with Gasteiger partial charge in [-0.3, -0.25) is 4.79 Å². The maximum atomic E-state index is 15.2. The highest BCUT2D eigenvalue weighted by molar-refractivity contribution is 7.21. The number of aryl methyl sites for hydroxylation is 2. The van der Waals surface area contributed by atoms with Gasteiger partial charge in [-0.15, -0.1) is 11.3 Å². The predicted octanol–water partition coefficient (Wildman–Crippen LogP) is 2.95. The number of fused-ring (bicyclic) bond motifs is 2. The van der Waals surface area contributed by atoms with Crippen molar-refractivity contribution in [1.82, 2.24) is 15.3 Å². The lowest BCUT2D eigenvalue weighted by Crippen LogP contribution is -2.39. The first kappa shape index (κ1) is 23.9. The van der Waals surface area contributed by atoms with Crippen LogP contribution in [-0.2, 0) is 17.6 Å². The third kappa shape index (κ3) is 4.70. The third-order valence-corrected chi connectivity index (χ3v) is 7.79. The van der Waals surface area contributed by atoms with Crippen LogP contribution in [0.1, 0.15) is 46.9 Å². The average Bonchev–Trinajstić information content (AvgIpc) is 3.33. The van der Waals surface area contributed by atoms with Gasteiger partial charge in [0, 0.05) is 47.5 Å². The molecule has 3 atom stereocenters. The number of aromatic nitrogens is 2. The Hall–Kier alpha value is -2.82. The summed E-state index contributed by atoms with van der Waals surface area (Å²) in [7, 11) is 0. The zero-order valence-corrected chi connectivity index (χ0v) is 21.0. The summed E-state index contributed by atoms with van der Waals surface area (Å²) in [5.74, 6) is 0.0468. The second-order valence-electron chi connectivity index (χ2n) is 9.74. The Morgan fingerprint density at radius 2 is 2.11 bits per heavy atom. The number of carbonyl (C=O) groups excluding carboxylic acids is 1. The van der Waals surface area contributed by atoms with E-state index in [2.05, 4.69) is 10.3 Å². The first-order chi connectivity index (χ1) is 16.7. The number of nitrogens with two attached hydrogens (primary N) is 2. The van der Waals surface area contributed by atoms with E-state index in [9.17, 15) is 4.79 Å². The summed E-state index contributed by atoms with van der Waals surface area (Å²) in [4.78, 5) is 25.4. The Morgan fingerprint density at radius 3 is 2.89 bits per heavy atom. The number of nitrogens with one attached hydrogen (secondary N) is 1. The van der Waals surface area contributed by atoms with Crippen molar-refractivity contribution < 1.29 is 13.9 Å². The van der Waals surface area contributed by atoms with Crippen molar-refractivity contribution in [3.8, 4) is 0 Å². The standard InChI is InChI=1S/C25H31FN6O2S/c1-12(2)34-20-11-32(10-18(20)27)21-9-17(26)16-8-14(5-7-19(16)31-21)30-24(33)23-22(28)15-6-4-13(3)29-25(15)35-23/h4,6,9,12,14,18,20H,5,7-8,10-11,27-28H2,1-3H3,(H,30,33). The fourth-order valence-electron chi connectivity index (χ4n) is 4.93. The van der Waals surface area contributed by atoms with Gasteiger partial charge < -0.3 is 26.4 Å². The normalized spacial score (nSPS) is 22.1. The zero-order valence-electron chi connectivity index (χ0n) is 20.2. The second kappa shape index (κ2) is 9.33. The maximum absolute atomic E-state index is 15.2. The van der Waals surface area contributed by atoms with E-state index in [1.807, 2.05) is 37.8 Å². The number of anilines is 2. The number of rotatable bonds is 5. The maximum Gasteiger partial charge on any atom is 0.263 e. The van der Waals surface area contributed by atoms with Crippen LogP contribution in [0.25, 0.3) is 10.2 Å². The van der Waals surface area contributed by atoms with E-state index >= 15 is 4.39 Å². The Bertz CT molecular complexity index is 1280. The first-order valence-electron chi connectivity index (χ1n) is 12.0. The number of nitrogen functional groups attached to an aromatic ring is 1. The molecule has 1 aliphatic heterocycles. The number of ether oxygens (including phenoxy) is 1. The zero-order chi connectivity index (χ0) is 24.9. The highest BCUT2D eigenvalue weighted by atomic mass is 32.1. The number of hydrogen-bond acceptors (Lipinski definition) is 8. The largest absolute Gasteiger partial charge is 0.397 e. The molecule has 0 saturated carbocycles. The van der Waals surface area contributed by atoms with E-state index < -0.39 is 0 Å². The molecule has 0 radical (unpaired) electrons. The molecule has 0 bridgehead atoms. The summed E-state index contributed by atoms with van der Waals surface area (Å²) < 4.78 is 21.1. The molecule has 1 aliphatic carbocycles. The van der Waals surface area contributed by atoms with Crippen molar-refractivity contribution in [2.24, 2.45) is 5.73 Å². The van der Waals surface area contributed by atoms with Crippen LogP contribution in [0.15, 0.2) is 18.2 Å². The summed E-state index contributed by atoms with van der Waals surface area (Å²) in [5, 5.41) is 3.83. The van der Waals surface area contributed by atoms with Crippen molar-refractivity contribution in [3.05, 3.63) is 45.8 Å². The van der Waals surface area contributed by atoms with Gasteiger partial charge in [0.05, 0.1) is 23.9 Å². The summed E-state index contributed by atoms with van der Waals surface area (Å²) in [6.07, 6.45) is 1.63. The Morgan fingerprint density at radius 1 is 1.31 bits per heavy atom. The minimum absolute atomic E-state index is 0.0784. The molecule has 1 amide bonds. The molecule has 2 aliphatic rings. The van der Waals surface area contributed by atoms with E-state index in [0.29, 0.717) is 54.3 Å². The van der Waals surface area contributed by atoms with E-state index in [4.69, 9.17) is 21.2 Å². The number of nitrogens with zero attached hydrogens (tertiary/aromatic N) is 3. The van der Waals surface area contributed by atoms with Crippen LogP contribution in [-0.4, -0.2) is 53.3 Å². The molecule has 1 saturated heterocycles. The van der Waals surface area contributed by atoms with Gasteiger partial charge in [0.1, 0.15) is 21.3 Å². The van der Waals surface area contributed by atoms with Crippen LogP contribution in [0.2, 0.25) is 0 Å². The molecule has 5 N–H and O–H groups in total. The molecule has 3 aromatic heterocycles. The lowest BCUT2D eigenvalue weighted by Gasteiger charge is -2.27. The van der Waals surface area contributed by atoms with E-state index in [1.165, 1.54) is 17.4 Å². The van der Waals surface area contributed by atoms with Gasteiger partial charge >= 0.3 is 0 Å². The molecule has 5 rings (SSSR count). The highest BCUT2D eigenvalue weighted by Crippen LogP contribution is 2.33. The Balaban J connectivity index is 1.29. The van der Waals surface area contributed by atoms with Crippen LogP contribution in [0.4, 0.5) is 15.9 Å². The number of thiophene rings is 1. The topological polar surface area (TPSA) is 119 Å². The highest BCUT2D eigenvalue weighted by Gasteiger charge is 2.34. The third-order valence-electron chi connectivity index (χ3n) is 6.68. The van der Waals surface area contributed by atoms with Crippen molar-refractivity contribution in [2.45, 2.75) is 64.3 Å². The smallest absolute Gasteiger partial charge is 0.263 e. The second-order valence-corrected chi connectivity index (χ2v) is 10.7. The molecule has 8 nitrogen and oxygen atoms in total. The Kier molecular flexibility index (Phi) is 6.37. The van der Waals surface area contributed by atoms with Crippen LogP contribution >= 0.6 is 11.3 Å². The molecule has 35 heavy (non-hydrogen) atoms. The molecule has 4 heterocycles. The number of carbonyl (C=O) groups is 1. The van der Waals surface area contributed by atoms with Gasteiger partial charge in [-0.2, -0.15) is 0 Å². The Labute approximate surface area is 207 Å². The van der Waals surface area contributed by atoms with Gasteiger partial charge in [0.2, 0.25) is 0 Å². The molecule has 0 spiro atoms. The number of amides is 1. The lowest BCUT2D eigenvalue weighted by atomic mass is 9.91. The number of pyridine rings is 2. The van der Waals surface area contributed by atoms with E-state index in [-0.39, 0.29) is 36.0 Å². The van der Waals surface area contributed by atoms with Crippen LogP contribution in [0.3, 0.4) is 0 Å². The molecular weight excluding hydrogens is 467 g/mol. The molecule has 186 valence electrons. The summed E-state index contributed by atoms with van der Waals surface area (Å²) >= 11 is 1.28. The molecule has 1 fully saturated rings. The number of halogens is 1. The minimum atomic E-state index is -0.299. The van der Waals surface area contributed by atoms with Gasteiger partial charge in [0.15, 0.2) is 0 Å². The van der Waals surface area contributed by atoms with Crippen LogP contribution in [0, 0.1) is 12.7 Å². The van der Waals surface area contributed by atoms with Gasteiger partial charge in [-0.1, -0.05) is 0 Å². The summed E-state index contributed by atoms with van der Waals surface area (Å²) in [5.41, 5.74) is 15.1. The molecular formula is C25H31FN6O2S. The SMILES string of the molecule is Cc1ccc2c(N)c(C(=O)NC3CCc4nc(N5CC(N)C(OC(C)C)C5)cc(F)c4C3)sc2n1. The molecule has 10 heteroatoms. The lowest BCUT2D eigenvalue weighted by molar-refractivity contribution is 0.0127. The van der Waals surface area contributed by atoms with Crippen LogP contribution < -0.4 is 21.7 Å². The van der Waals surface area contributed by atoms with Gasteiger partial charge in [-0.25, -0.2) is 14.4 Å². The van der Waals surface area contributed by atoms with Crippen molar-refractivity contribution in [1.29, 1.82) is 0 Å². The molecule has 3 aromatic rings. The van der Waals surface area contributed by atoms with Gasteiger partial charge in [-0.05, 0) is 52.2 Å². The quantitative estimate of drug-likeness (QED) is 0.495. The average molecular weight is 499 g/mol. The summed E-state index contributed by atoms with van der Waals surface area (Å²) in [6.45, 7) is 7.03. The molecule has 3 unspecified atom stereocenters. The van der Waals surface area contributed by atoms with Crippen molar-refractivity contribution in [2.75, 3.05) is 23.7 Å². The first-order valence-corrected chi connectivity index (χ1v) is 12.8. The predicted molar refractivity (Wildman–Crippen MR) is 136 cm³/mol. The van der Waals surface area contributed by atoms with Crippen molar-refractivity contribution in [3.63, 3.8) is 0 Å².